The molecule has 1 aliphatic rings. The minimum atomic E-state index is -0.439. The average molecular weight is 573 g/mol. The highest BCUT2D eigenvalue weighted by atomic mass is 32.1. The largest absolute Gasteiger partial charge is 0.497 e. The van der Waals surface area contributed by atoms with Crippen LogP contribution < -0.4 is 10.3 Å². The van der Waals surface area contributed by atoms with E-state index in [1.165, 1.54) is 21.0 Å². The molecule has 0 N–H and O–H groups in total. The zero-order valence-corrected chi connectivity index (χ0v) is 24.2. The molecule has 5 aromatic rings. The van der Waals surface area contributed by atoms with Crippen molar-refractivity contribution >= 4 is 45.2 Å². The standard InChI is InChI=1S/C29H28N6O3S2/c1-29(2,3)35-27-20(16-30-35)26(24-8-6-14-40-24)32-33(28(27)37)17-25(36)34-22(18-9-11-19(38-4)12-10-18)15-21(31-34)23-7-5-13-39-23/h5-14,16,22H,15,17H2,1-4H3. The summed E-state index contributed by atoms with van der Waals surface area (Å²) in [5.74, 6) is 0.417. The van der Waals surface area contributed by atoms with Crippen molar-refractivity contribution in [3.63, 3.8) is 0 Å². The SMILES string of the molecule is COc1ccc(C2CC(c3cccs3)=NN2C(=O)Cn2nc(-c3cccs3)c3cnn(C(C)(C)C)c3c2=O)cc1. The molecular weight excluding hydrogens is 544 g/mol. The number of methoxy groups -OCH3 is 1. The van der Waals surface area contributed by atoms with Gasteiger partial charge < -0.3 is 4.74 Å². The maximum Gasteiger partial charge on any atom is 0.293 e. The number of aromatic nitrogens is 4. The predicted octanol–water partition coefficient (Wildman–Crippen LogP) is 5.52. The van der Waals surface area contributed by atoms with E-state index in [0.29, 0.717) is 23.0 Å². The second-order valence-corrected chi connectivity index (χ2v) is 12.4. The second-order valence-electron chi connectivity index (χ2n) is 10.5. The van der Waals surface area contributed by atoms with Crippen molar-refractivity contribution in [2.75, 3.05) is 7.11 Å². The molecule has 0 radical (unpaired) electrons. The van der Waals surface area contributed by atoms with Crippen LogP contribution in [0.5, 0.6) is 5.75 Å². The Morgan fingerprint density at radius 1 is 1.05 bits per heavy atom. The predicted molar refractivity (Wildman–Crippen MR) is 158 cm³/mol. The third kappa shape index (κ3) is 4.65. The fraction of sp³-hybridized carbons (Fsp3) is 0.276. The molecule has 11 heteroatoms. The van der Waals surface area contributed by atoms with Gasteiger partial charge >= 0.3 is 0 Å². The molecule has 4 aromatic heterocycles. The third-order valence-electron chi connectivity index (χ3n) is 6.83. The zero-order chi connectivity index (χ0) is 28.0. The van der Waals surface area contributed by atoms with Crippen LogP contribution in [0, 0.1) is 0 Å². The summed E-state index contributed by atoms with van der Waals surface area (Å²) in [6.07, 6.45) is 2.26. The van der Waals surface area contributed by atoms with E-state index in [1.54, 1.807) is 29.3 Å². The van der Waals surface area contributed by atoms with E-state index < -0.39 is 5.54 Å². The Labute approximate surface area is 238 Å². The average Bonchev–Trinajstić information content (AvgIpc) is 3.74. The van der Waals surface area contributed by atoms with Crippen molar-refractivity contribution in [1.29, 1.82) is 0 Å². The fourth-order valence-electron chi connectivity index (χ4n) is 4.90. The maximum absolute atomic E-state index is 13.9. The topological polar surface area (TPSA) is 94.6 Å². The van der Waals surface area contributed by atoms with Crippen molar-refractivity contribution in [1.82, 2.24) is 24.6 Å². The van der Waals surface area contributed by atoms with Gasteiger partial charge in [0.25, 0.3) is 11.5 Å². The Kier molecular flexibility index (Phi) is 6.63. The van der Waals surface area contributed by atoms with Gasteiger partial charge in [-0.15, -0.1) is 22.7 Å². The summed E-state index contributed by atoms with van der Waals surface area (Å²) in [7, 11) is 1.62. The summed E-state index contributed by atoms with van der Waals surface area (Å²) < 4.78 is 8.30. The Hall–Kier alpha value is -4.09. The van der Waals surface area contributed by atoms with E-state index in [2.05, 4.69) is 10.2 Å². The molecule has 40 heavy (non-hydrogen) atoms. The highest BCUT2D eigenvalue weighted by Gasteiger charge is 2.34. The number of ether oxygens (including phenoxy) is 1. The molecule has 5 heterocycles. The summed E-state index contributed by atoms with van der Waals surface area (Å²) in [6, 6.07) is 15.2. The van der Waals surface area contributed by atoms with E-state index in [4.69, 9.17) is 9.84 Å². The molecule has 1 aromatic carbocycles. The summed E-state index contributed by atoms with van der Waals surface area (Å²) in [5, 5.41) is 20.1. The lowest BCUT2D eigenvalue weighted by atomic mass is 10.0. The van der Waals surface area contributed by atoms with Crippen LogP contribution in [0.25, 0.3) is 21.5 Å². The van der Waals surface area contributed by atoms with Crippen LogP contribution in [-0.2, 0) is 16.9 Å². The highest BCUT2D eigenvalue weighted by molar-refractivity contribution is 7.13. The molecule has 0 bridgehead atoms. The number of benzene rings is 1. The number of carbonyl (C=O) groups is 1. The Balaban J connectivity index is 1.43. The van der Waals surface area contributed by atoms with Crippen molar-refractivity contribution in [3.8, 4) is 16.3 Å². The molecule has 6 rings (SSSR count). The molecule has 204 valence electrons. The molecule has 1 atom stereocenters. The molecule has 9 nitrogen and oxygen atoms in total. The quantitative estimate of drug-likeness (QED) is 0.267. The minimum absolute atomic E-state index is 0.254. The van der Waals surface area contributed by atoms with Gasteiger partial charge in [0.05, 0.1) is 45.7 Å². The molecule has 0 aliphatic carbocycles. The first-order chi connectivity index (χ1) is 19.2. The molecule has 0 spiro atoms. The number of hydrogen-bond acceptors (Lipinski definition) is 8. The van der Waals surface area contributed by atoms with Crippen LogP contribution in [-0.4, -0.2) is 43.3 Å². The van der Waals surface area contributed by atoms with Crippen LogP contribution in [0.15, 0.2) is 75.4 Å². The van der Waals surface area contributed by atoms with Gasteiger partial charge in [0.2, 0.25) is 0 Å². The van der Waals surface area contributed by atoms with Gasteiger partial charge in [0.1, 0.15) is 23.5 Å². The monoisotopic (exact) mass is 572 g/mol. The first-order valence-electron chi connectivity index (χ1n) is 12.8. The summed E-state index contributed by atoms with van der Waals surface area (Å²) in [5.41, 5.74) is 2.03. The minimum Gasteiger partial charge on any atom is -0.497 e. The van der Waals surface area contributed by atoms with Gasteiger partial charge in [-0.1, -0.05) is 24.3 Å². The van der Waals surface area contributed by atoms with Gasteiger partial charge in [-0.2, -0.15) is 15.3 Å². The lowest BCUT2D eigenvalue weighted by molar-refractivity contribution is -0.133. The van der Waals surface area contributed by atoms with Gasteiger partial charge in [-0.05, 0) is 61.4 Å². The highest BCUT2D eigenvalue weighted by Crippen LogP contribution is 2.35. The van der Waals surface area contributed by atoms with Gasteiger partial charge in [0.15, 0.2) is 0 Å². The third-order valence-corrected chi connectivity index (χ3v) is 8.62. The zero-order valence-electron chi connectivity index (χ0n) is 22.6. The normalized spacial score (nSPS) is 15.6. The Morgan fingerprint density at radius 2 is 1.75 bits per heavy atom. The second kappa shape index (κ2) is 10.1. The van der Waals surface area contributed by atoms with E-state index >= 15 is 0 Å². The number of hydrogen-bond donors (Lipinski definition) is 0. The molecule has 1 unspecified atom stereocenters. The molecule has 0 saturated heterocycles. The van der Waals surface area contributed by atoms with Crippen molar-refractivity contribution in [2.24, 2.45) is 5.10 Å². The Bertz CT molecular complexity index is 1760. The van der Waals surface area contributed by atoms with E-state index in [0.717, 1.165) is 26.8 Å². The summed E-state index contributed by atoms with van der Waals surface area (Å²) >= 11 is 3.11. The number of hydrazone groups is 1. The molecule has 0 fully saturated rings. The number of amides is 1. The van der Waals surface area contributed by atoms with Gasteiger partial charge in [-0.25, -0.2) is 9.69 Å². The Morgan fingerprint density at radius 3 is 2.38 bits per heavy atom. The van der Waals surface area contributed by atoms with E-state index in [9.17, 15) is 9.59 Å². The van der Waals surface area contributed by atoms with Crippen molar-refractivity contribution in [3.05, 3.63) is 86.3 Å². The maximum atomic E-state index is 13.9. The van der Waals surface area contributed by atoms with Crippen LogP contribution in [0.4, 0.5) is 0 Å². The molecule has 1 aliphatic heterocycles. The van der Waals surface area contributed by atoms with Gasteiger partial charge in [0, 0.05) is 6.42 Å². The van der Waals surface area contributed by atoms with Crippen molar-refractivity contribution in [2.45, 2.75) is 45.3 Å². The van der Waals surface area contributed by atoms with Crippen LogP contribution in [0.3, 0.4) is 0 Å². The lowest BCUT2D eigenvalue weighted by Gasteiger charge is -2.23. The van der Waals surface area contributed by atoms with E-state index in [1.807, 2.05) is 80.1 Å². The van der Waals surface area contributed by atoms with Gasteiger partial charge in [-0.3, -0.25) is 14.3 Å². The smallest absolute Gasteiger partial charge is 0.293 e. The lowest BCUT2D eigenvalue weighted by Crippen LogP contribution is -2.36. The molecular formula is C29H28N6O3S2. The number of thiophene rings is 2. The summed E-state index contributed by atoms with van der Waals surface area (Å²) in [6.45, 7) is 5.72. The van der Waals surface area contributed by atoms with Crippen molar-refractivity contribution < 1.29 is 9.53 Å². The molecule has 1 amide bonds. The van der Waals surface area contributed by atoms with E-state index in [-0.39, 0.29) is 24.1 Å². The number of rotatable bonds is 6. The first-order valence-corrected chi connectivity index (χ1v) is 14.6. The van der Waals surface area contributed by atoms with Crippen LogP contribution in [0.2, 0.25) is 0 Å². The fourth-order valence-corrected chi connectivity index (χ4v) is 6.34. The summed E-state index contributed by atoms with van der Waals surface area (Å²) in [4.78, 5) is 29.7. The number of carbonyl (C=O) groups excluding carboxylic acids is 1. The van der Waals surface area contributed by atoms with Crippen LogP contribution >= 0.6 is 22.7 Å². The number of fused-ring (bicyclic) bond motifs is 1. The number of nitrogens with zero attached hydrogens (tertiary/aromatic N) is 6. The molecule has 0 saturated carbocycles. The first kappa shape index (κ1) is 26.1. The van der Waals surface area contributed by atoms with Crippen LogP contribution in [0.1, 0.15) is 43.7 Å².